The van der Waals surface area contributed by atoms with Gasteiger partial charge in [-0.15, -0.1) is 0 Å². The van der Waals surface area contributed by atoms with E-state index in [1.165, 1.54) is 11.3 Å². The molecule has 0 saturated carbocycles. The van der Waals surface area contributed by atoms with E-state index in [0.717, 1.165) is 24.5 Å². The second kappa shape index (κ2) is 8.21. The van der Waals surface area contributed by atoms with E-state index in [-0.39, 0.29) is 11.4 Å². The number of benzene rings is 1. The molecule has 1 heterocycles. The maximum atomic E-state index is 12.1. The van der Waals surface area contributed by atoms with Gasteiger partial charge in [0.2, 0.25) is 0 Å². The van der Waals surface area contributed by atoms with Crippen LogP contribution in [0.1, 0.15) is 50.7 Å². The van der Waals surface area contributed by atoms with Crippen LogP contribution in [0.15, 0.2) is 36.5 Å². The summed E-state index contributed by atoms with van der Waals surface area (Å²) in [4.78, 5) is 18.7. The molecule has 0 aliphatic heterocycles. The fourth-order valence-corrected chi connectivity index (χ4v) is 2.74. The van der Waals surface area contributed by atoms with Crippen LogP contribution in [0.3, 0.4) is 0 Å². The highest BCUT2D eigenvalue weighted by Crippen LogP contribution is 2.25. The van der Waals surface area contributed by atoms with Gasteiger partial charge in [-0.2, -0.15) is 0 Å². The molecule has 1 amide bonds. The highest BCUT2D eigenvalue weighted by atomic mass is 16.2. The monoisotopic (exact) mass is 354 g/mol. The van der Waals surface area contributed by atoms with Crippen molar-refractivity contribution in [2.75, 3.05) is 23.3 Å². The Bertz CT molecular complexity index is 744. The molecule has 0 unspecified atom stereocenters. The number of carbonyl (C=O) groups is 1. The highest BCUT2D eigenvalue weighted by molar-refractivity contribution is 5.93. The standard InChI is InChI=1S/C21H30N4O/c1-7-25(8-2)17-10-12-18(15(3)13-17)23-16-9-11-19(22-14-16)20(26)24-21(4,5)6/h9-14,23H,7-8H2,1-6H3,(H,24,26). The van der Waals surface area contributed by atoms with E-state index in [2.05, 4.69) is 59.5 Å². The second-order valence-electron chi connectivity index (χ2n) is 7.43. The second-order valence-corrected chi connectivity index (χ2v) is 7.43. The molecule has 5 nitrogen and oxygen atoms in total. The summed E-state index contributed by atoms with van der Waals surface area (Å²) in [6.07, 6.45) is 1.69. The molecule has 0 aliphatic carbocycles. The maximum Gasteiger partial charge on any atom is 0.270 e. The van der Waals surface area contributed by atoms with Crippen LogP contribution in [0.4, 0.5) is 17.1 Å². The number of rotatable bonds is 6. The summed E-state index contributed by atoms with van der Waals surface area (Å²) in [5.74, 6) is -0.163. The van der Waals surface area contributed by atoms with Gasteiger partial charge in [-0.05, 0) is 77.4 Å². The zero-order valence-corrected chi connectivity index (χ0v) is 16.7. The molecule has 1 aromatic heterocycles. The topological polar surface area (TPSA) is 57.3 Å². The molecule has 1 aromatic carbocycles. The molecule has 0 bridgehead atoms. The molecule has 0 fully saturated rings. The van der Waals surface area contributed by atoms with Crippen molar-refractivity contribution in [2.45, 2.75) is 47.1 Å². The minimum atomic E-state index is -0.278. The molecule has 0 atom stereocenters. The number of nitrogens with zero attached hydrogens (tertiary/aromatic N) is 2. The minimum absolute atomic E-state index is 0.163. The number of anilines is 3. The van der Waals surface area contributed by atoms with Crippen molar-refractivity contribution in [1.29, 1.82) is 0 Å². The van der Waals surface area contributed by atoms with Gasteiger partial charge >= 0.3 is 0 Å². The lowest BCUT2D eigenvalue weighted by molar-refractivity contribution is 0.0914. The van der Waals surface area contributed by atoms with E-state index in [1.54, 1.807) is 12.3 Å². The Hall–Kier alpha value is -2.56. The average Bonchev–Trinajstić information content (AvgIpc) is 2.57. The Morgan fingerprint density at radius 3 is 2.31 bits per heavy atom. The summed E-state index contributed by atoms with van der Waals surface area (Å²) in [7, 11) is 0. The fraction of sp³-hybridized carbons (Fsp3) is 0.429. The van der Waals surface area contributed by atoms with Crippen LogP contribution in [0.2, 0.25) is 0 Å². The Morgan fingerprint density at radius 2 is 1.81 bits per heavy atom. The Balaban J connectivity index is 2.10. The number of carbonyl (C=O) groups excluding carboxylic acids is 1. The molecular weight excluding hydrogens is 324 g/mol. The lowest BCUT2D eigenvalue weighted by atomic mass is 10.1. The van der Waals surface area contributed by atoms with Gasteiger partial charge in [0.25, 0.3) is 5.91 Å². The van der Waals surface area contributed by atoms with Gasteiger partial charge < -0.3 is 15.5 Å². The quantitative estimate of drug-likeness (QED) is 0.801. The first-order chi connectivity index (χ1) is 12.2. The molecule has 0 saturated heterocycles. The largest absolute Gasteiger partial charge is 0.372 e. The van der Waals surface area contributed by atoms with Crippen LogP contribution < -0.4 is 15.5 Å². The van der Waals surface area contributed by atoms with E-state index in [4.69, 9.17) is 0 Å². The molecule has 140 valence electrons. The number of nitrogens with one attached hydrogen (secondary N) is 2. The molecule has 26 heavy (non-hydrogen) atoms. The lowest BCUT2D eigenvalue weighted by Gasteiger charge is -2.22. The smallest absolute Gasteiger partial charge is 0.270 e. The van der Waals surface area contributed by atoms with E-state index in [1.807, 2.05) is 26.8 Å². The van der Waals surface area contributed by atoms with Gasteiger partial charge in [0, 0.05) is 30.0 Å². The third kappa shape index (κ3) is 5.22. The predicted molar refractivity (Wildman–Crippen MR) is 109 cm³/mol. The zero-order chi connectivity index (χ0) is 19.3. The first-order valence-electron chi connectivity index (χ1n) is 9.14. The van der Waals surface area contributed by atoms with Crippen molar-refractivity contribution in [3.8, 4) is 0 Å². The summed E-state index contributed by atoms with van der Waals surface area (Å²) in [5, 5.41) is 6.29. The van der Waals surface area contributed by atoms with Gasteiger partial charge in [-0.25, -0.2) is 4.98 Å². The van der Waals surface area contributed by atoms with Crippen molar-refractivity contribution in [1.82, 2.24) is 10.3 Å². The number of hydrogen-bond acceptors (Lipinski definition) is 4. The van der Waals surface area contributed by atoms with Gasteiger partial charge in [0.1, 0.15) is 5.69 Å². The third-order valence-electron chi connectivity index (χ3n) is 4.10. The van der Waals surface area contributed by atoms with Gasteiger partial charge in [-0.1, -0.05) is 0 Å². The summed E-state index contributed by atoms with van der Waals surface area (Å²) in [6.45, 7) is 14.2. The lowest BCUT2D eigenvalue weighted by Crippen LogP contribution is -2.40. The van der Waals surface area contributed by atoms with Crippen LogP contribution in [0.25, 0.3) is 0 Å². The normalized spacial score (nSPS) is 11.2. The summed E-state index contributed by atoms with van der Waals surface area (Å²) < 4.78 is 0. The molecule has 0 spiro atoms. The third-order valence-corrected chi connectivity index (χ3v) is 4.10. The molecular formula is C21H30N4O. The molecule has 5 heteroatoms. The van der Waals surface area contributed by atoms with Crippen LogP contribution in [0, 0.1) is 6.92 Å². The highest BCUT2D eigenvalue weighted by Gasteiger charge is 2.16. The number of hydrogen-bond donors (Lipinski definition) is 2. The SMILES string of the molecule is CCN(CC)c1ccc(Nc2ccc(C(=O)NC(C)(C)C)nc2)c(C)c1. The van der Waals surface area contributed by atoms with E-state index < -0.39 is 0 Å². The van der Waals surface area contributed by atoms with Crippen molar-refractivity contribution in [2.24, 2.45) is 0 Å². The Morgan fingerprint density at radius 1 is 1.12 bits per heavy atom. The maximum absolute atomic E-state index is 12.1. The zero-order valence-electron chi connectivity index (χ0n) is 16.7. The number of amides is 1. The predicted octanol–water partition coefficient (Wildman–Crippen LogP) is 4.51. The van der Waals surface area contributed by atoms with Gasteiger partial charge in [-0.3, -0.25) is 4.79 Å². The van der Waals surface area contributed by atoms with Crippen molar-refractivity contribution < 1.29 is 4.79 Å². The van der Waals surface area contributed by atoms with Crippen LogP contribution in [-0.4, -0.2) is 29.5 Å². The van der Waals surface area contributed by atoms with Gasteiger partial charge in [0.05, 0.1) is 11.9 Å². The molecule has 2 rings (SSSR count). The fourth-order valence-electron chi connectivity index (χ4n) is 2.74. The van der Waals surface area contributed by atoms with E-state index >= 15 is 0 Å². The van der Waals surface area contributed by atoms with Crippen LogP contribution in [-0.2, 0) is 0 Å². The van der Waals surface area contributed by atoms with Crippen molar-refractivity contribution in [3.63, 3.8) is 0 Å². The van der Waals surface area contributed by atoms with Crippen LogP contribution in [0.5, 0.6) is 0 Å². The van der Waals surface area contributed by atoms with Gasteiger partial charge in [0.15, 0.2) is 0 Å². The summed E-state index contributed by atoms with van der Waals surface area (Å²) in [6, 6.07) is 10.0. The van der Waals surface area contributed by atoms with E-state index in [0.29, 0.717) is 5.69 Å². The first-order valence-corrected chi connectivity index (χ1v) is 9.14. The van der Waals surface area contributed by atoms with Crippen molar-refractivity contribution in [3.05, 3.63) is 47.8 Å². The van der Waals surface area contributed by atoms with Crippen molar-refractivity contribution >= 4 is 23.0 Å². The minimum Gasteiger partial charge on any atom is -0.372 e. The van der Waals surface area contributed by atoms with Crippen LogP contribution >= 0.6 is 0 Å². The number of pyridine rings is 1. The molecule has 0 aliphatic rings. The Kier molecular flexibility index (Phi) is 6.24. The van der Waals surface area contributed by atoms with E-state index in [9.17, 15) is 4.79 Å². The first kappa shape index (κ1) is 19.8. The summed E-state index contributed by atoms with van der Waals surface area (Å²) in [5.41, 5.74) is 4.43. The number of aryl methyl sites for hydroxylation is 1. The molecule has 2 N–H and O–H groups in total. The summed E-state index contributed by atoms with van der Waals surface area (Å²) >= 11 is 0. The Labute approximate surface area is 156 Å². The number of aromatic nitrogens is 1. The molecule has 2 aromatic rings. The molecule has 0 radical (unpaired) electrons. The average molecular weight is 354 g/mol.